The number of benzene rings is 2. The van der Waals surface area contributed by atoms with Gasteiger partial charge >= 0.3 is 12.2 Å². The van der Waals surface area contributed by atoms with E-state index in [0.29, 0.717) is 31.3 Å². The van der Waals surface area contributed by atoms with Crippen molar-refractivity contribution in [2.24, 2.45) is 11.8 Å². The summed E-state index contributed by atoms with van der Waals surface area (Å²) in [5.74, 6) is 1.50. The minimum absolute atomic E-state index is 0.128. The number of carbonyl (C=O) groups is 4. The number of imidazole rings is 2. The Labute approximate surface area is 339 Å². The maximum absolute atomic E-state index is 13.6. The number of aromatic amines is 2. The Bertz CT molecular complexity index is 1940. The molecular weight excluding hydrogens is 741 g/mol. The Morgan fingerprint density at radius 1 is 0.707 bits per heavy atom. The van der Waals surface area contributed by atoms with Crippen LogP contribution in [0.5, 0.6) is 5.75 Å². The molecule has 3 heterocycles. The first-order valence-electron chi connectivity index (χ1n) is 20.2. The van der Waals surface area contributed by atoms with Gasteiger partial charge in [-0.3, -0.25) is 9.59 Å². The van der Waals surface area contributed by atoms with Crippen molar-refractivity contribution in [2.75, 3.05) is 27.3 Å². The third kappa shape index (κ3) is 8.98. The highest BCUT2D eigenvalue weighted by Crippen LogP contribution is 2.48. The minimum Gasteiger partial charge on any atom is -0.488 e. The Hall–Kier alpha value is -5.86. The van der Waals surface area contributed by atoms with Gasteiger partial charge in [0.1, 0.15) is 36.1 Å². The van der Waals surface area contributed by atoms with Crippen LogP contribution in [0.4, 0.5) is 9.59 Å². The first kappa shape index (κ1) is 41.8. The second kappa shape index (κ2) is 18.2. The molecule has 4 amide bonds. The molecule has 2 aliphatic rings. The fourth-order valence-corrected chi connectivity index (χ4v) is 7.81. The summed E-state index contributed by atoms with van der Waals surface area (Å²) in [6, 6.07) is 7.19. The third-order valence-corrected chi connectivity index (χ3v) is 10.7. The van der Waals surface area contributed by atoms with Crippen molar-refractivity contribution in [1.82, 2.24) is 40.4 Å². The van der Waals surface area contributed by atoms with Crippen LogP contribution in [0, 0.1) is 11.8 Å². The van der Waals surface area contributed by atoms with Crippen molar-refractivity contribution in [3.05, 3.63) is 65.0 Å². The molecule has 0 saturated carbocycles. The number of nitrogens with one attached hydrogen (secondary N) is 4. The Morgan fingerprint density at radius 2 is 1.16 bits per heavy atom. The molecule has 2 atom stereocenters. The van der Waals surface area contributed by atoms with Gasteiger partial charge in [0, 0.05) is 29.8 Å². The van der Waals surface area contributed by atoms with E-state index in [-0.39, 0.29) is 36.7 Å². The number of carbonyl (C=O) groups excluding carboxylic acids is 4. The number of ether oxygens (including phenoxy) is 3. The minimum atomic E-state index is -0.722. The van der Waals surface area contributed by atoms with Crippen LogP contribution in [0.15, 0.2) is 36.7 Å². The van der Waals surface area contributed by atoms with Gasteiger partial charge < -0.3 is 44.6 Å². The molecule has 58 heavy (non-hydrogen) atoms. The van der Waals surface area contributed by atoms with Crippen LogP contribution >= 0.6 is 0 Å². The average Bonchev–Trinajstić information content (AvgIpc) is 3.89. The van der Waals surface area contributed by atoms with Gasteiger partial charge in [-0.1, -0.05) is 41.5 Å². The van der Waals surface area contributed by atoms with Crippen molar-refractivity contribution in [3.63, 3.8) is 0 Å². The summed E-state index contributed by atoms with van der Waals surface area (Å²) in [4.78, 5) is 70.8. The zero-order valence-corrected chi connectivity index (χ0v) is 34.8. The van der Waals surface area contributed by atoms with E-state index in [9.17, 15) is 19.2 Å². The van der Waals surface area contributed by atoms with Crippen LogP contribution in [0.3, 0.4) is 0 Å². The Kier molecular flexibility index (Phi) is 13.1. The molecule has 15 heteroatoms. The highest BCUT2D eigenvalue weighted by molar-refractivity contribution is 5.88. The zero-order valence-electron chi connectivity index (χ0n) is 34.8. The molecule has 0 fully saturated rings. The van der Waals surface area contributed by atoms with Crippen molar-refractivity contribution < 1.29 is 33.4 Å². The molecule has 0 unspecified atom stereocenters. The van der Waals surface area contributed by atoms with Crippen LogP contribution < -0.4 is 15.4 Å². The van der Waals surface area contributed by atoms with Gasteiger partial charge in [0.25, 0.3) is 0 Å². The van der Waals surface area contributed by atoms with Gasteiger partial charge in [0.2, 0.25) is 11.8 Å². The quantitative estimate of drug-likeness (QED) is 0.100. The fourth-order valence-electron chi connectivity index (χ4n) is 7.81. The van der Waals surface area contributed by atoms with E-state index in [1.54, 1.807) is 22.2 Å². The number of methoxy groups -OCH3 is 2. The molecule has 2 aromatic heterocycles. The van der Waals surface area contributed by atoms with Gasteiger partial charge in [0.15, 0.2) is 0 Å². The lowest BCUT2D eigenvalue weighted by atomic mass is 9.79. The van der Waals surface area contributed by atoms with Gasteiger partial charge in [-0.15, -0.1) is 0 Å². The van der Waals surface area contributed by atoms with Gasteiger partial charge in [-0.2, -0.15) is 0 Å². The normalized spacial score (nSPS) is 13.6. The van der Waals surface area contributed by atoms with E-state index in [0.717, 1.165) is 65.1 Å². The molecule has 0 bridgehead atoms. The molecule has 15 nitrogen and oxygen atoms in total. The summed E-state index contributed by atoms with van der Waals surface area (Å²) in [6.07, 6.45) is 5.51. The number of amides is 4. The van der Waals surface area contributed by atoms with E-state index < -0.39 is 24.3 Å². The molecular formula is C43H56N8O7. The van der Waals surface area contributed by atoms with Crippen molar-refractivity contribution in [3.8, 4) is 39.4 Å². The third-order valence-electron chi connectivity index (χ3n) is 10.7. The van der Waals surface area contributed by atoms with Crippen molar-refractivity contribution >= 4 is 24.0 Å². The fraction of sp³-hybridized carbons (Fsp3) is 0.488. The van der Waals surface area contributed by atoms with Gasteiger partial charge in [-0.25, -0.2) is 19.6 Å². The predicted molar refractivity (Wildman–Crippen MR) is 219 cm³/mol. The maximum Gasteiger partial charge on any atom is 0.407 e. The zero-order chi connectivity index (χ0) is 41.7. The first-order chi connectivity index (χ1) is 27.8. The second-order valence-electron chi connectivity index (χ2n) is 15.7. The van der Waals surface area contributed by atoms with Crippen LogP contribution in [0.1, 0.15) is 82.7 Å². The summed E-state index contributed by atoms with van der Waals surface area (Å²) < 4.78 is 16.0. The van der Waals surface area contributed by atoms with Crippen molar-refractivity contribution in [1.29, 1.82) is 0 Å². The Balaban J connectivity index is 1.20. The smallest absolute Gasteiger partial charge is 0.407 e. The van der Waals surface area contributed by atoms with Crippen molar-refractivity contribution in [2.45, 2.75) is 99.0 Å². The largest absolute Gasteiger partial charge is 0.488 e. The van der Waals surface area contributed by atoms with Crippen LogP contribution in [0.25, 0.3) is 33.6 Å². The molecule has 6 rings (SSSR count). The molecule has 4 N–H and O–H groups in total. The summed E-state index contributed by atoms with van der Waals surface area (Å²) in [6.45, 7) is 13.6. The lowest BCUT2D eigenvalue weighted by molar-refractivity contribution is -0.135. The molecule has 0 radical (unpaired) electrons. The van der Waals surface area contributed by atoms with E-state index >= 15 is 0 Å². The topological polar surface area (TPSA) is 184 Å². The standard InChI is InChI=1S/C43H56N8O7/c1-9-13-50(40(52)38(24(3)4)48-42(54)56-7)21-34-44-19-31(46-34)28-15-26-11-12-27-16-29(18-33-37(27)36(26)30(17-28)23-58-33)32-20-45-35(47-32)22-51(14-10-2)41(53)39(25(5)6)49-43(55)57-8/h15-20,24-25,38-39H,9-14,21-23H2,1-8H3,(H,44,46)(H,45,47)(H,48,54)(H,49,55)/t38-,39-/m0/s1. The number of alkyl carbamates (subject to hydrolysis) is 2. The number of hydrogen-bond donors (Lipinski definition) is 4. The summed E-state index contributed by atoms with van der Waals surface area (Å²) in [7, 11) is 2.57. The number of aromatic nitrogens is 4. The van der Waals surface area contributed by atoms with Crippen LogP contribution in [-0.2, 0) is 51.6 Å². The first-order valence-corrected chi connectivity index (χ1v) is 20.2. The highest BCUT2D eigenvalue weighted by atomic mass is 16.5. The summed E-state index contributed by atoms with van der Waals surface area (Å²) in [5, 5.41) is 5.37. The number of rotatable bonds is 16. The number of aryl methyl sites for hydroxylation is 2. The van der Waals surface area contributed by atoms with Gasteiger partial charge in [0.05, 0.1) is 51.1 Å². The van der Waals surface area contributed by atoms with E-state index in [1.165, 1.54) is 30.9 Å². The Morgan fingerprint density at radius 3 is 1.60 bits per heavy atom. The molecule has 0 spiro atoms. The molecule has 310 valence electrons. The predicted octanol–water partition coefficient (Wildman–Crippen LogP) is 6.36. The summed E-state index contributed by atoms with van der Waals surface area (Å²) in [5.41, 5.74) is 9.53. The second-order valence-corrected chi connectivity index (χ2v) is 15.7. The maximum atomic E-state index is 13.6. The number of nitrogens with zero attached hydrogens (tertiary/aromatic N) is 4. The van der Waals surface area contributed by atoms with Crippen LogP contribution in [-0.4, -0.2) is 93.1 Å². The lowest BCUT2D eigenvalue weighted by Crippen LogP contribution is -2.51. The monoisotopic (exact) mass is 796 g/mol. The SMILES string of the molecule is CCCN(Cc1ncc(-c2cc3c4c(c2)COc2cc(-c5cnc(CN(CCC)C(=O)[C@@H](NC(=O)OC)C(C)C)[nH]5)cc(c2-4)CC3)[nH]1)C(=O)[C@@H](NC(=O)OC)C(C)C. The van der Waals surface area contributed by atoms with E-state index in [2.05, 4.69) is 54.8 Å². The number of hydrogen-bond acceptors (Lipinski definition) is 9. The van der Waals surface area contributed by atoms with E-state index in [4.69, 9.17) is 14.2 Å². The summed E-state index contributed by atoms with van der Waals surface area (Å²) >= 11 is 0. The molecule has 1 aliphatic carbocycles. The molecule has 1 aliphatic heterocycles. The highest BCUT2D eigenvalue weighted by Gasteiger charge is 2.32. The lowest BCUT2D eigenvalue weighted by Gasteiger charge is -2.30. The number of H-pyrrole nitrogens is 2. The van der Waals surface area contributed by atoms with Gasteiger partial charge in [-0.05, 0) is 84.0 Å². The molecule has 4 aromatic rings. The average molecular weight is 797 g/mol. The molecule has 0 saturated heterocycles. The molecule has 2 aromatic carbocycles. The van der Waals surface area contributed by atoms with Crippen LogP contribution in [0.2, 0.25) is 0 Å². The van der Waals surface area contributed by atoms with E-state index in [1.807, 2.05) is 41.5 Å².